The lowest BCUT2D eigenvalue weighted by molar-refractivity contribution is -0.608. The summed E-state index contributed by atoms with van der Waals surface area (Å²) in [7, 11) is -3.11. The zero-order valence-electron chi connectivity index (χ0n) is 9.08. The van der Waals surface area contributed by atoms with E-state index in [9.17, 15) is 8.42 Å². The topological polar surface area (TPSA) is 34.1 Å². The zero-order valence-corrected chi connectivity index (χ0v) is 12.1. The normalized spacial score (nSPS) is 11.3. The Labute approximate surface area is 112 Å². The Morgan fingerprint density at radius 2 is 1.35 bits per heavy atom. The fourth-order valence-electron chi connectivity index (χ4n) is 1.33. The number of hydrogen-bond donors (Lipinski definition) is 0. The molecule has 88 valence electrons. The summed E-state index contributed by atoms with van der Waals surface area (Å²) >= 11 is -0.477. The molecule has 0 atom stereocenters. The van der Waals surface area contributed by atoms with Crippen LogP contribution in [0, 0.1) is 3.57 Å². The Bertz CT molecular complexity index is 565. The minimum absolute atomic E-state index is 0.264. The molecule has 0 fully saturated rings. The Morgan fingerprint density at radius 3 is 1.94 bits per heavy atom. The maximum Gasteiger partial charge on any atom is 0.330 e. The van der Waals surface area contributed by atoms with E-state index in [0.29, 0.717) is 4.90 Å². The summed E-state index contributed by atoms with van der Waals surface area (Å²) in [6.07, 6.45) is 0. The van der Waals surface area contributed by atoms with E-state index in [1.807, 2.05) is 36.4 Å². The highest BCUT2D eigenvalue weighted by atomic mass is 127. The van der Waals surface area contributed by atoms with Crippen molar-refractivity contribution in [1.82, 2.24) is 0 Å². The zero-order chi connectivity index (χ0) is 12.1. The van der Waals surface area contributed by atoms with Crippen LogP contribution in [-0.2, 0) is 9.84 Å². The van der Waals surface area contributed by atoms with Crippen LogP contribution in [-0.4, -0.2) is 12.2 Å². The molecule has 0 bridgehead atoms. The molecule has 2 aromatic carbocycles. The molecule has 0 unspecified atom stereocenters. The van der Waals surface area contributed by atoms with Gasteiger partial charge in [0.25, 0.3) is 3.76 Å². The van der Waals surface area contributed by atoms with Crippen molar-refractivity contribution in [2.75, 3.05) is 3.76 Å². The van der Waals surface area contributed by atoms with E-state index >= 15 is 0 Å². The van der Waals surface area contributed by atoms with Crippen molar-refractivity contribution in [3.05, 3.63) is 64.2 Å². The number of hydrogen-bond acceptors (Lipinski definition) is 2. The SMILES string of the molecule is O=S(=O)(C[I+]c1ccccc1)c1ccccc1. The summed E-state index contributed by atoms with van der Waals surface area (Å²) in [5.74, 6) is 0. The molecule has 2 aromatic rings. The van der Waals surface area contributed by atoms with Gasteiger partial charge in [0.1, 0.15) is 0 Å². The first-order chi connectivity index (χ1) is 8.18. The van der Waals surface area contributed by atoms with E-state index in [1.165, 1.54) is 0 Å². The fourth-order valence-corrected chi connectivity index (χ4v) is 6.61. The third kappa shape index (κ3) is 3.54. The molecule has 2 rings (SSSR count). The van der Waals surface area contributed by atoms with Gasteiger partial charge in [-0.15, -0.1) is 0 Å². The molecule has 0 amide bonds. The van der Waals surface area contributed by atoms with Gasteiger partial charge in [-0.25, -0.2) is 8.42 Å². The van der Waals surface area contributed by atoms with Crippen molar-refractivity contribution in [2.45, 2.75) is 4.90 Å². The molecule has 0 aliphatic heterocycles. The van der Waals surface area contributed by atoms with E-state index in [4.69, 9.17) is 0 Å². The van der Waals surface area contributed by atoms with Crippen molar-refractivity contribution in [3.8, 4) is 0 Å². The smallest absolute Gasteiger partial charge is 0.219 e. The molecule has 2 nitrogen and oxygen atoms in total. The van der Waals surface area contributed by atoms with E-state index in [0.717, 1.165) is 3.57 Å². The molecule has 0 aromatic heterocycles. The first kappa shape index (κ1) is 12.6. The third-order valence-electron chi connectivity index (χ3n) is 2.19. The molecular formula is C13H12IO2S+. The van der Waals surface area contributed by atoms with Crippen LogP contribution in [0.25, 0.3) is 0 Å². The van der Waals surface area contributed by atoms with Crippen LogP contribution in [0.4, 0.5) is 0 Å². The van der Waals surface area contributed by atoms with Gasteiger partial charge < -0.3 is 0 Å². The van der Waals surface area contributed by atoms with Crippen molar-refractivity contribution in [2.24, 2.45) is 0 Å². The Balaban J connectivity index is 2.09. The average Bonchev–Trinajstić information content (AvgIpc) is 2.39. The molecule has 0 spiro atoms. The van der Waals surface area contributed by atoms with Crippen LogP contribution in [0.3, 0.4) is 0 Å². The summed E-state index contributed by atoms with van der Waals surface area (Å²) in [6.45, 7) is 0. The number of benzene rings is 2. The summed E-state index contributed by atoms with van der Waals surface area (Å²) < 4.78 is 25.5. The molecule has 0 heterocycles. The Morgan fingerprint density at radius 1 is 0.824 bits per heavy atom. The van der Waals surface area contributed by atoms with Crippen LogP contribution >= 0.6 is 0 Å². The lowest BCUT2D eigenvalue weighted by Gasteiger charge is -1.96. The van der Waals surface area contributed by atoms with Gasteiger partial charge in [0.05, 0.1) is 4.90 Å². The Hall–Kier alpha value is -0.880. The summed E-state index contributed by atoms with van der Waals surface area (Å²) in [6, 6.07) is 18.5. The minimum Gasteiger partial charge on any atom is -0.219 e. The molecule has 0 radical (unpaired) electrons. The minimum atomic E-state index is -3.11. The summed E-state index contributed by atoms with van der Waals surface area (Å²) in [5.41, 5.74) is 0. The van der Waals surface area contributed by atoms with Gasteiger partial charge in [0, 0.05) is 0 Å². The highest BCUT2D eigenvalue weighted by molar-refractivity contribution is 7.91. The maximum atomic E-state index is 12.0. The van der Waals surface area contributed by atoms with Crippen molar-refractivity contribution >= 4 is 9.84 Å². The number of alkyl halides is 1. The van der Waals surface area contributed by atoms with Gasteiger partial charge in [0.2, 0.25) is 9.84 Å². The second kappa shape index (κ2) is 5.64. The first-order valence-corrected chi connectivity index (χ1v) is 9.36. The summed E-state index contributed by atoms with van der Waals surface area (Å²) in [5, 5.41) is 0. The Kier molecular flexibility index (Phi) is 4.17. The highest BCUT2D eigenvalue weighted by Gasteiger charge is 2.24. The van der Waals surface area contributed by atoms with E-state index in [1.54, 1.807) is 24.3 Å². The van der Waals surface area contributed by atoms with Crippen molar-refractivity contribution in [3.63, 3.8) is 0 Å². The largest absolute Gasteiger partial charge is 0.330 e. The third-order valence-corrected chi connectivity index (χ3v) is 8.57. The van der Waals surface area contributed by atoms with Gasteiger partial charge >= 0.3 is 21.2 Å². The number of rotatable bonds is 4. The lowest BCUT2D eigenvalue weighted by Crippen LogP contribution is -3.63. The van der Waals surface area contributed by atoms with Gasteiger partial charge in [0.15, 0.2) is 3.57 Å². The monoisotopic (exact) mass is 359 g/mol. The standard InChI is InChI=1S/C13H12IO2S/c15-17(16,13-9-5-2-6-10-13)11-14-12-7-3-1-4-8-12/h1-10H,11H2/q+1. The lowest BCUT2D eigenvalue weighted by atomic mass is 10.4. The van der Waals surface area contributed by atoms with Gasteiger partial charge in [-0.1, -0.05) is 36.4 Å². The maximum absolute atomic E-state index is 12.0. The van der Waals surface area contributed by atoms with E-state index in [2.05, 4.69) is 0 Å². The second-order valence-corrected chi connectivity index (χ2v) is 9.26. The molecule has 0 saturated carbocycles. The number of sulfone groups is 1. The van der Waals surface area contributed by atoms with E-state index < -0.39 is 31.0 Å². The quantitative estimate of drug-likeness (QED) is 0.539. The predicted octanol–water partition coefficient (Wildman–Crippen LogP) is -0.623. The number of halogens is 1. The van der Waals surface area contributed by atoms with Crippen LogP contribution in [0.2, 0.25) is 0 Å². The molecule has 0 aliphatic rings. The predicted molar refractivity (Wildman–Crippen MR) is 63.6 cm³/mol. The van der Waals surface area contributed by atoms with Gasteiger partial charge in [-0.05, 0) is 24.3 Å². The van der Waals surface area contributed by atoms with E-state index in [-0.39, 0.29) is 3.76 Å². The van der Waals surface area contributed by atoms with Crippen molar-refractivity contribution < 1.29 is 29.6 Å². The molecule has 0 aliphatic carbocycles. The van der Waals surface area contributed by atoms with Gasteiger partial charge in [-0.3, -0.25) is 0 Å². The first-order valence-electron chi connectivity index (χ1n) is 5.10. The summed E-state index contributed by atoms with van der Waals surface area (Å²) in [4.78, 5) is 0.427. The van der Waals surface area contributed by atoms with Crippen LogP contribution < -0.4 is 21.2 Å². The van der Waals surface area contributed by atoms with Crippen LogP contribution in [0.15, 0.2) is 65.6 Å². The van der Waals surface area contributed by atoms with Crippen molar-refractivity contribution in [1.29, 1.82) is 0 Å². The molecule has 4 heteroatoms. The fraction of sp³-hybridized carbons (Fsp3) is 0.0769. The molecule has 0 N–H and O–H groups in total. The molecule has 17 heavy (non-hydrogen) atoms. The second-order valence-electron chi connectivity index (χ2n) is 3.47. The van der Waals surface area contributed by atoms with Crippen LogP contribution in [0.1, 0.15) is 0 Å². The van der Waals surface area contributed by atoms with Gasteiger partial charge in [-0.2, -0.15) is 0 Å². The molecule has 0 saturated heterocycles. The van der Waals surface area contributed by atoms with Crippen LogP contribution in [0.5, 0.6) is 0 Å². The highest BCUT2D eigenvalue weighted by Crippen LogP contribution is 2.06. The average molecular weight is 359 g/mol. The molecular weight excluding hydrogens is 347 g/mol.